The zero-order valence-corrected chi connectivity index (χ0v) is 37.3. The fraction of sp³-hybridized carbons (Fsp3) is 0.0156. The molecule has 0 radical (unpaired) electrons. The van der Waals surface area contributed by atoms with Gasteiger partial charge in [-0.1, -0.05) is 158 Å². The third kappa shape index (κ3) is 5.03. The van der Waals surface area contributed by atoms with E-state index in [9.17, 15) is 0 Å². The van der Waals surface area contributed by atoms with Crippen LogP contribution in [-0.4, -0.2) is 15.0 Å². The van der Waals surface area contributed by atoms with Gasteiger partial charge in [0.1, 0.15) is 33.5 Å². The van der Waals surface area contributed by atoms with Crippen LogP contribution in [0.2, 0.25) is 0 Å². The molecule has 0 saturated carbocycles. The van der Waals surface area contributed by atoms with Gasteiger partial charge in [0.15, 0.2) is 17.5 Å². The van der Waals surface area contributed by atoms with E-state index in [1.165, 1.54) is 44.5 Å². The Morgan fingerprint density at radius 2 is 0.700 bits per heavy atom. The Hall–Kier alpha value is -9.39. The first-order valence-electron chi connectivity index (χ1n) is 23.7. The number of nitrogens with zero attached hydrogens (tertiary/aromatic N) is 3. The second-order valence-electron chi connectivity index (χ2n) is 18.5. The van der Waals surface area contributed by atoms with E-state index in [0.717, 1.165) is 93.6 Å². The molecule has 10 aromatic carbocycles. The molecule has 4 heterocycles. The topological polar surface area (TPSA) is 78.1 Å². The van der Waals surface area contributed by atoms with Crippen LogP contribution in [0.25, 0.3) is 133 Å². The van der Waals surface area contributed by atoms with E-state index in [1.807, 2.05) is 66.7 Å². The van der Waals surface area contributed by atoms with Crippen LogP contribution < -0.4 is 0 Å². The van der Waals surface area contributed by atoms with Gasteiger partial charge >= 0.3 is 0 Å². The lowest BCUT2D eigenvalue weighted by atomic mass is 9.70. The van der Waals surface area contributed by atoms with Crippen molar-refractivity contribution >= 4 is 65.8 Å². The van der Waals surface area contributed by atoms with E-state index in [1.54, 1.807) is 0 Å². The van der Waals surface area contributed by atoms with Gasteiger partial charge in [-0.25, -0.2) is 15.0 Å². The average molecular weight is 894 g/mol. The highest BCUT2D eigenvalue weighted by Gasteiger charge is 2.51. The fourth-order valence-corrected chi connectivity index (χ4v) is 12.0. The standard InChI is InChI=1S/C64H35N3O3/c1-6-20-49-39(13-1)40-14-2-7-21-50(40)64(49)51-22-8-3-15-41(51)42-30-27-37(34-52(42)64)36-29-32-55-48(33-36)60-47(19-12-26-57(60)69-55)63-66-61(38-28-31-44-43-16-4-9-23-53(43)70-58(44)35-38)65-62(67-63)46-18-11-25-56-59(46)45-17-5-10-24-54(45)68-56/h1-35H. The fourth-order valence-electron chi connectivity index (χ4n) is 12.0. The van der Waals surface area contributed by atoms with Crippen LogP contribution in [0.1, 0.15) is 22.3 Å². The van der Waals surface area contributed by atoms with Gasteiger partial charge in [0, 0.05) is 49.0 Å². The van der Waals surface area contributed by atoms with Crippen molar-refractivity contribution in [2.45, 2.75) is 5.41 Å². The van der Waals surface area contributed by atoms with Crippen molar-refractivity contribution < 1.29 is 13.3 Å². The van der Waals surface area contributed by atoms with Crippen LogP contribution in [0.3, 0.4) is 0 Å². The number of aromatic nitrogens is 3. The van der Waals surface area contributed by atoms with Crippen LogP contribution in [0, 0.1) is 0 Å². The van der Waals surface area contributed by atoms with Gasteiger partial charge in [-0.3, -0.25) is 0 Å². The maximum atomic E-state index is 6.68. The molecule has 0 saturated heterocycles. The van der Waals surface area contributed by atoms with Crippen molar-refractivity contribution in [2.24, 2.45) is 0 Å². The SMILES string of the molecule is c1ccc2c(c1)-c1ccccc1C21c2ccccc2-c2ccc(-c3ccc4oc5cccc(-c6nc(-c7ccc8c(c7)oc7ccccc78)nc(-c7cccc8oc9ccccc9c78)n6)c5c4c3)cc21. The predicted octanol–water partition coefficient (Wildman–Crippen LogP) is 16.6. The summed E-state index contributed by atoms with van der Waals surface area (Å²) in [4.78, 5) is 15.9. The Bertz CT molecular complexity index is 4510. The number of hydrogen-bond donors (Lipinski definition) is 0. The van der Waals surface area contributed by atoms with Gasteiger partial charge in [-0.05, 0) is 110 Å². The smallest absolute Gasteiger partial charge is 0.164 e. The molecule has 0 aliphatic heterocycles. The monoisotopic (exact) mass is 893 g/mol. The minimum absolute atomic E-state index is 0.440. The molecule has 4 aromatic heterocycles. The number of fused-ring (bicyclic) bond motifs is 19. The molecule has 0 bridgehead atoms. The lowest BCUT2D eigenvalue weighted by Crippen LogP contribution is -2.25. The first-order chi connectivity index (χ1) is 34.7. The summed E-state index contributed by atoms with van der Waals surface area (Å²) in [6.07, 6.45) is 0. The van der Waals surface area contributed by atoms with Gasteiger partial charge in [-0.2, -0.15) is 0 Å². The lowest BCUT2D eigenvalue weighted by molar-refractivity contribution is 0.668. The van der Waals surface area contributed by atoms with Gasteiger partial charge < -0.3 is 13.3 Å². The Morgan fingerprint density at radius 3 is 1.37 bits per heavy atom. The largest absolute Gasteiger partial charge is 0.456 e. The Morgan fingerprint density at radius 1 is 0.257 bits per heavy atom. The zero-order valence-electron chi connectivity index (χ0n) is 37.3. The summed E-state index contributed by atoms with van der Waals surface area (Å²) in [6.45, 7) is 0. The molecule has 6 nitrogen and oxygen atoms in total. The Balaban J connectivity index is 0.904. The highest BCUT2D eigenvalue weighted by Crippen LogP contribution is 2.63. The summed E-state index contributed by atoms with van der Waals surface area (Å²) in [5.74, 6) is 1.60. The van der Waals surface area contributed by atoms with E-state index in [4.69, 9.17) is 28.2 Å². The minimum Gasteiger partial charge on any atom is -0.456 e. The van der Waals surface area contributed by atoms with Crippen molar-refractivity contribution in [3.63, 3.8) is 0 Å². The Labute approximate surface area is 399 Å². The second kappa shape index (κ2) is 13.8. The Kier molecular flexibility index (Phi) is 7.45. The zero-order chi connectivity index (χ0) is 45.7. The number of hydrogen-bond acceptors (Lipinski definition) is 6. The first-order valence-corrected chi connectivity index (χ1v) is 23.7. The molecular weight excluding hydrogens is 859 g/mol. The molecule has 324 valence electrons. The van der Waals surface area contributed by atoms with Crippen molar-refractivity contribution in [3.05, 3.63) is 235 Å². The molecule has 6 heteroatoms. The van der Waals surface area contributed by atoms with Gasteiger partial charge in [0.25, 0.3) is 0 Å². The number of benzene rings is 10. The molecule has 1 spiro atoms. The van der Waals surface area contributed by atoms with Crippen molar-refractivity contribution in [1.82, 2.24) is 15.0 Å². The molecule has 0 amide bonds. The highest BCUT2D eigenvalue weighted by atomic mass is 16.3. The summed E-state index contributed by atoms with van der Waals surface area (Å²) in [5.41, 5.74) is 19.4. The molecule has 0 fully saturated rings. The van der Waals surface area contributed by atoms with Crippen molar-refractivity contribution in [3.8, 4) is 67.5 Å². The quantitative estimate of drug-likeness (QED) is 0.175. The number of rotatable bonds is 4. The molecule has 16 rings (SSSR count). The highest BCUT2D eigenvalue weighted by molar-refractivity contribution is 6.14. The third-order valence-electron chi connectivity index (χ3n) is 15.0. The van der Waals surface area contributed by atoms with E-state index >= 15 is 0 Å². The predicted molar refractivity (Wildman–Crippen MR) is 280 cm³/mol. The van der Waals surface area contributed by atoms with Gasteiger partial charge in [0.2, 0.25) is 0 Å². The van der Waals surface area contributed by atoms with Crippen LogP contribution in [0.5, 0.6) is 0 Å². The summed E-state index contributed by atoms with van der Waals surface area (Å²) in [7, 11) is 0. The van der Waals surface area contributed by atoms with Crippen LogP contribution in [0.4, 0.5) is 0 Å². The molecule has 0 N–H and O–H groups in total. The normalized spacial score (nSPS) is 13.3. The number of furan rings is 3. The van der Waals surface area contributed by atoms with Crippen LogP contribution >= 0.6 is 0 Å². The summed E-state index contributed by atoms with van der Waals surface area (Å²) < 4.78 is 19.4. The lowest BCUT2D eigenvalue weighted by Gasteiger charge is -2.30. The number of para-hydroxylation sites is 2. The molecule has 70 heavy (non-hydrogen) atoms. The maximum Gasteiger partial charge on any atom is 0.164 e. The molecule has 2 aliphatic rings. The molecule has 2 aliphatic carbocycles. The van der Waals surface area contributed by atoms with Crippen LogP contribution in [0.15, 0.2) is 226 Å². The molecular formula is C64H35N3O3. The van der Waals surface area contributed by atoms with Gasteiger partial charge in [0.05, 0.1) is 5.41 Å². The van der Waals surface area contributed by atoms with Crippen molar-refractivity contribution in [2.75, 3.05) is 0 Å². The van der Waals surface area contributed by atoms with E-state index < -0.39 is 5.41 Å². The maximum absolute atomic E-state index is 6.68. The van der Waals surface area contributed by atoms with E-state index in [2.05, 4.69) is 146 Å². The van der Waals surface area contributed by atoms with Crippen molar-refractivity contribution in [1.29, 1.82) is 0 Å². The molecule has 14 aromatic rings. The third-order valence-corrected chi connectivity index (χ3v) is 15.0. The van der Waals surface area contributed by atoms with E-state index in [-0.39, 0.29) is 0 Å². The summed E-state index contributed by atoms with van der Waals surface area (Å²) >= 11 is 0. The average Bonchev–Trinajstić information content (AvgIpc) is 4.23. The minimum atomic E-state index is -0.440. The van der Waals surface area contributed by atoms with Crippen LogP contribution in [-0.2, 0) is 5.41 Å². The molecule has 0 unspecified atom stereocenters. The second-order valence-corrected chi connectivity index (χ2v) is 18.5. The summed E-state index contributed by atoms with van der Waals surface area (Å²) in [5, 5.41) is 5.97. The summed E-state index contributed by atoms with van der Waals surface area (Å²) in [6, 6.07) is 75.1. The first kappa shape index (κ1) is 37.7. The van der Waals surface area contributed by atoms with Gasteiger partial charge in [-0.15, -0.1) is 0 Å². The molecule has 0 atom stereocenters. The van der Waals surface area contributed by atoms with E-state index in [0.29, 0.717) is 17.5 Å².